The second kappa shape index (κ2) is 6.49. The molecule has 3 aromatic rings. The molecule has 4 rings (SSSR count). The molecule has 1 atom stereocenters. The van der Waals surface area contributed by atoms with Crippen LogP contribution in [-0.4, -0.2) is 36.7 Å². The molecule has 1 fully saturated rings. The molecule has 7 heteroatoms. The van der Waals surface area contributed by atoms with Crippen molar-refractivity contribution in [1.82, 2.24) is 24.1 Å². The molecule has 0 bridgehead atoms. The number of aromatic nitrogens is 4. The lowest BCUT2D eigenvalue weighted by Crippen LogP contribution is -2.42. The Hall–Kier alpha value is -1.99. The van der Waals surface area contributed by atoms with E-state index in [9.17, 15) is 4.79 Å². The van der Waals surface area contributed by atoms with E-state index >= 15 is 0 Å². The molecule has 0 radical (unpaired) electrons. The van der Waals surface area contributed by atoms with Crippen molar-refractivity contribution in [2.24, 2.45) is 0 Å². The zero-order chi connectivity index (χ0) is 16.5. The van der Waals surface area contributed by atoms with Crippen molar-refractivity contribution in [3.8, 4) is 0 Å². The highest BCUT2D eigenvalue weighted by Gasteiger charge is 2.23. The minimum atomic E-state index is 0.0226. The number of nitrogens with zero attached hydrogens (tertiary/aromatic N) is 5. The molecular weight excluding hydrogens is 322 g/mol. The molecule has 24 heavy (non-hydrogen) atoms. The molecule has 3 aromatic heterocycles. The van der Waals surface area contributed by atoms with Crippen LogP contribution >= 0.6 is 11.3 Å². The van der Waals surface area contributed by atoms with Gasteiger partial charge in [0.25, 0.3) is 5.56 Å². The highest BCUT2D eigenvalue weighted by atomic mass is 32.1. The summed E-state index contributed by atoms with van der Waals surface area (Å²) in [7, 11) is 0. The third-order valence-electron chi connectivity index (χ3n) is 4.70. The summed E-state index contributed by atoms with van der Waals surface area (Å²) in [6.45, 7) is 4.62. The molecule has 0 spiro atoms. The zero-order valence-electron chi connectivity index (χ0n) is 13.8. The molecule has 0 saturated carbocycles. The van der Waals surface area contributed by atoms with Gasteiger partial charge in [-0.05, 0) is 32.4 Å². The summed E-state index contributed by atoms with van der Waals surface area (Å²) in [5.41, 5.74) is 1.84. The van der Waals surface area contributed by atoms with E-state index in [2.05, 4.69) is 10.00 Å². The van der Waals surface area contributed by atoms with Crippen molar-refractivity contribution in [2.45, 2.75) is 45.3 Å². The molecule has 0 aromatic carbocycles. The number of hydrogen-bond donors (Lipinski definition) is 0. The van der Waals surface area contributed by atoms with Gasteiger partial charge in [-0.2, -0.15) is 5.10 Å². The molecule has 4 heterocycles. The van der Waals surface area contributed by atoms with E-state index in [0.717, 1.165) is 36.0 Å². The van der Waals surface area contributed by atoms with Crippen molar-refractivity contribution in [3.05, 3.63) is 51.6 Å². The van der Waals surface area contributed by atoms with E-state index in [1.807, 2.05) is 35.4 Å². The predicted octanol–water partition coefficient (Wildman–Crippen LogP) is 2.32. The Bertz CT molecular complexity index is 882. The quantitative estimate of drug-likeness (QED) is 0.729. The first-order valence-electron chi connectivity index (χ1n) is 8.39. The summed E-state index contributed by atoms with van der Waals surface area (Å²) in [5.74, 6) is 0. The Kier molecular flexibility index (Phi) is 4.20. The number of aryl methyl sites for hydroxylation is 1. The van der Waals surface area contributed by atoms with Crippen LogP contribution in [0.2, 0.25) is 0 Å². The van der Waals surface area contributed by atoms with Crippen LogP contribution in [0.25, 0.3) is 4.96 Å². The van der Waals surface area contributed by atoms with Gasteiger partial charge in [0, 0.05) is 42.1 Å². The van der Waals surface area contributed by atoms with E-state index in [4.69, 9.17) is 4.98 Å². The third kappa shape index (κ3) is 3.01. The Morgan fingerprint density at radius 2 is 2.29 bits per heavy atom. The number of fused-ring (bicyclic) bond motifs is 1. The largest absolute Gasteiger partial charge is 0.293 e. The molecule has 6 nitrogen and oxygen atoms in total. The van der Waals surface area contributed by atoms with Crippen LogP contribution < -0.4 is 5.56 Å². The van der Waals surface area contributed by atoms with E-state index < -0.39 is 0 Å². The number of rotatable bonds is 4. The highest BCUT2D eigenvalue weighted by molar-refractivity contribution is 7.15. The monoisotopic (exact) mass is 343 g/mol. The molecule has 1 aliphatic rings. The number of thiazole rings is 1. The van der Waals surface area contributed by atoms with Crippen molar-refractivity contribution >= 4 is 16.3 Å². The molecule has 1 aliphatic heterocycles. The summed E-state index contributed by atoms with van der Waals surface area (Å²) >= 11 is 1.53. The Labute approximate surface area is 144 Å². The second-order valence-electron chi connectivity index (χ2n) is 6.43. The fourth-order valence-corrected chi connectivity index (χ4v) is 4.38. The van der Waals surface area contributed by atoms with E-state index in [0.29, 0.717) is 6.04 Å². The van der Waals surface area contributed by atoms with Gasteiger partial charge in [0.2, 0.25) is 0 Å². The van der Waals surface area contributed by atoms with Crippen LogP contribution in [0.3, 0.4) is 0 Å². The highest BCUT2D eigenvalue weighted by Crippen LogP contribution is 2.21. The van der Waals surface area contributed by atoms with E-state index in [1.54, 1.807) is 10.5 Å². The first kappa shape index (κ1) is 15.5. The van der Waals surface area contributed by atoms with Crippen LogP contribution in [0.5, 0.6) is 0 Å². The predicted molar refractivity (Wildman–Crippen MR) is 94.4 cm³/mol. The molecule has 1 saturated heterocycles. The summed E-state index contributed by atoms with van der Waals surface area (Å²) in [5, 5.41) is 6.31. The van der Waals surface area contributed by atoms with Crippen molar-refractivity contribution in [3.63, 3.8) is 0 Å². The number of hydrogen-bond acceptors (Lipinski definition) is 5. The van der Waals surface area contributed by atoms with E-state index in [-0.39, 0.29) is 5.56 Å². The van der Waals surface area contributed by atoms with Crippen LogP contribution in [0.15, 0.2) is 34.7 Å². The van der Waals surface area contributed by atoms with Crippen molar-refractivity contribution in [1.29, 1.82) is 0 Å². The third-order valence-corrected chi connectivity index (χ3v) is 5.64. The fourth-order valence-electron chi connectivity index (χ4n) is 3.49. The van der Waals surface area contributed by atoms with Gasteiger partial charge >= 0.3 is 0 Å². The molecule has 0 N–H and O–H groups in total. The lowest BCUT2D eigenvalue weighted by atomic mass is 10.0. The Morgan fingerprint density at radius 1 is 1.38 bits per heavy atom. The van der Waals surface area contributed by atoms with Gasteiger partial charge in [-0.1, -0.05) is 6.42 Å². The van der Waals surface area contributed by atoms with Crippen LogP contribution in [0.4, 0.5) is 0 Å². The number of piperidine rings is 1. The van der Waals surface area contributed by atoms with Crippen molar-refractivity contribution < 1.29 is 0 Å². The van der Waals surface area contributed by atoms with Gasteiger partial charge in [-0.25, -0.2) is 4.98 Å². The smallest absolute Gasteiger partial charge is 0.259 e. The summed E-state index contributed by atoms with van der Waals surface area (Å²) in [6, 6.07) is 4.10. The van der Waals surface area contributed by atoms with Crippen molar-refractivity contribution in [2.75, 3.05) is 6.54 Å². The van der Waals surface area contributed by atoms with Gasteiger partial charge in [0.15, 0.2) is 4.96 Å². The average Bonchev–Trinajstić information content (AvgIpc) is 3.19. The van der Waals surface area contributed by atoms with Crippen LogP contribution in [-0.2, 0) is 13.1 Å². The first-order valence-corrected chi connectivity index (χ1v) is 9.27. The lowest BCUT2D eigenvalue weighted by molar-refractivity contribution is 0.120. The Balaban J connectivity index is 1.57. The van der Waals surface area contributed by atoms with Gasteiger partial charge in [0.05, 0.1) is 12.2 Å². The molecular formula is C17H21N5OS. The fraction of sp³-hybridized carbons (Fsp3) is 0.471. The second-order valence-corrected chi connectivity index (χ2v) is 7.27. The molecule has 0 aliphatic carbocycles. The topological polar surface area (TPSA) is 55.4 Å². The van der Waals surface area contributed by atoms with E-state index in [1.165, 1.54) is 30.6 Å². The Morgan fingerprint density at radius 3 is 3.12 bits per heavy atom. The maximum atomic E-state index is 12.4. The SMILES string of the molecule is Cc1csc2nc(CN3CCCC[C@@H]3Cn3cccn3)cc(=O)n12. The van der Waals surface area contributed by atoms with Gasteiger partial charge in [-0.3, -0.25) is 18.8 Å². The summed E-state index contributed by atoms with van der Waals surface area (Å²) < 4.78 is 3.68. The lowest BCUT2D eigenvalue weighted by Gasteiger charge is -2.35. The van der Waals surface area contributed by atoms with Gasteiger partial charge < -0.3 is 0 Å². The number of likely N-dealkylation sites (tertiary alicyclic amines) is 1. The van der Waals surface area contributed by atoms with Crippen LogP contribution in [0.1, 0.15) is 30.7 Å². The molecule has 0 amide bonds. The standard InChI is InChI=1S/C17H21N5OS/c1-13-12-24-17-19-14(9-16(23)22(13)17)10-20-7-3-2-5-15(20)11-21-8-4-6-18-21/h4,6,8-9,12,15H,2-3,5,7,10-11H2,1H3/t15-/m1/s1. The molecule has 0 unspecified atom stereocenters. The average molecular weight is 343 g/mol. The summed E-state index contributed by atoms with van der Waals surface area (Å²) in [6.07, 6.45) is 7.45. The first-order chi connectivity index (χ1) is 11.7. The zero-order valence-corrected chi connectivity index (χ0v) is 14.6. The maximum Gasteiger partial charge on any atom is 0.259 e. The van der Waals surface area contributed by atoms with Gasteiger partial charge in [-0.15, -0.1) is 11.3 Å². The minimum absolute atomic E-state index is 0.0226. The normalized spacial score (nSPS) is 19.1. The summed E-state index contributed by atoms with van der Waals surface area (Å²) in [4.78, 5) is 20.3. The van der Waals surface area contributed by atoms with Crippen LogP contribution in [0, 0.1) is 6.92 Å². The minimum Gasteiger partial charge on any atom is -0.293 e. The molecule has 126 valence electrons. The maximum absolute atomic E-state index is 12.4. The van der Waals surface area contributed by atoms with Gasteiger partial charge in [0.1, 0.15) is 0 Å².